The van der Waals surface area contributed by atoms with Crippen LogP contribution in [-0.2, 0) is 15.7 Å². The maximum Gasteiger partial charge on any atom is 0.416 e. The van der Waals surface area contributed by atoms with Crippen molar-refractivity contribution >= 4 is 11.8 Å². The standard InChI is InChI=1S/C23H24F3NO4S/c1-15-11-20(7-8-21(15)29-13-22-30-16(2)31-22)32-14-17(9-10-27)12-28-19-5-3-18(4-6-19)23(24,25)26/h3-8,11,16-17,22H,9,12-14H2,1-2H3. The average Bonchev–Trinajstić information content (AvgIpc) is 2.73. The highest BCUT2D eigenvalue weighted by Gasteiger charge is 2.30. The molecule has 9 heteroatoms. The van der Waals surface area contributed by atoms with Gasteiger partial charge in [-0.1, -0.05) is 0 Å². The number of thioether (sulfide) groups is 1. The van der Waals surface area contributed by atoms with E-state index in [1.165, 1.54) is 12.1 Å². The van der Waals surface area contributed by atoms with Crippen LogP contribution in [0.5, 0.6) is 11.5 Å². The molecule has 0 bridgehead atoms. The van der Waals surface area contributed by atoms with Crippen LogP contribution in [0.4, 0.5) is 13.2 Å². The Morgan fingerprint density at radius 1 is 1.12 bits per heavy atom. The first-order valence-electron chi connectivity index (χ1n) is 10.1. The van der Waals surface area contributed by atoms with Gasteiger partial charge in [-0.25, -0.2) is 0 Å². The van der Waals surface area contributed by atoms with E-state index in [9.17, 15) is 13.2 Å². The summed E-state index contributed by atoms with van der Waals surface area (Å²) in [6.45, 7) is 4.34. The van der Waals surface area contributed by atoms with Crippen molar-refractivity contribution in [2.24, 2.45) is 5.92 Å². The first-order valence-corrected chi connectivity index (χ1v) is 11.1. The maximum absolute atomic E-state index is 12.7. The third-order valence-electron chi connectivity index (χ3n) is 4.74. The highest BCUT2D eigenvalue weighted by atomic mass is 32.2. The van der Waals surface area contributed by atoms with E-state index in [0.29, 0.717) is 18.1 Å². The molecule has 0 N–H and O–H groups in total. The fraction of sp³-hybridized carbons (Fsp3) is 0.435. The maximum atomic E-state index is 12.7. The van der Waals surface area contributed by atoms with Gasteiger partial charge in [0.15, 0.2) is 12.6 Å². The Labute approximate surface area is 189 Å². The number of nitriles is 1. The highest BCUT2D eigenvalue weighted by molar-refractivity contribution is 7.99. The number of ether oxygens (including phenoxy) is 4. The topological polar surface area (TPSA) is 60.7 Å². The van der Waals surface area contributed by atoms with Crippen LogP contribution >= 0.6 is 11.8 Å². The summed E-state index contributed by atoms with van der Waals surface area (Å²) in [7, 11) is 0. The van der Waals surface area contributed by atoms with Crippen molar-refractivity contribution in [3.05, 3.63) is 53.6 Å². The molecule has 2 aromatic carbocycles. The van der Waals surface area contributed by atoms with E-state index < -0.39 is 11.7 Å². The van der Waals surface area contributed by atoms with Crippen LogP contribution in [0.1, 0.15) is 24.5 Å². The van der Waals surface area contributed by atoms with Gasteiger partial charge >= 0.3 is 6.18 Å². The molecule has 0 spiro atoms. The Morgan fingerprint density at radius 2 is 1.84 bits per heavy atom. The van der Waals surface area contributed by atoms with Gasteiger partial charge < -0.3 is 18.9 Å². The molecule has 0 saturated carbocycles. The Morgan fingerprint density at radius 3 is 2.44 bits per heavy atom. The van der Waals surface area contributed by atoms with E-state index in [1.807, 2.05) is 32.0 Å². The Kier molecular flexibility index (Phi) is 8.29. The zero-order chi connectivity index (χ0) is 23.1. The van der Waals surface area contributed by atoms with E-state index in [-0.39, 0.29) is 31.5 Å². The first kappa shape index (κ1) is 24.2. The second-order valence-corrected chi connectivity index (χ2v) is 8.47. The third kappa shape index (κ3) is 7.05. The second kappa shape index (κ2) is 10.9. The van der Waals surface area contributed by atoms with Crippen LogP contribution in [0.25, 0.3) is 0 Å². The van der Waals surface area contributed by atoms with Gasteiger partial charge in [0.1, 0.15) is 18.1 Å². The lowest BCUT2D eigenvalue weighted by Crippen LogP contribution is -2.42. The van der Waals surface area contributed by atoms with Crippen molar-refractivity contribution in [2.75, 3.05) is 19.0 Å². The Bertz CT molecular complexity index is 924. The Hall–Kier alpha value is -2.41. The van der Waals surface area contributed by atoms with Crippen LogP contribution in [-0.4, -0.2) is 31.5 Å². The molecule has 0 aromatic heterocycles. The number of nitrogens with zero attached hydrogens (tertiary/aromatic N) is 1. The van der Waals surface area contributed by atoms with Gasteiger partial charge in [-0.05, 0) is 61.9 Å². The number of alkyl halides is 3. The molecule has 0 amide bonds. The first-order chi connectivity index (χ1) is 15.2. The number of hydrogen-bond acceptors (Lipinski definition) is 6. The van der Waals surface area contributed by atoms with Gasteiger partial charge in [-0.2, -0.15) is 18.4 Å². The molecule has 1 aliphatic heterocycles. The fourth-order valence-electron chi connectivity index (χ4n) is 3.01. The molecule has 1 fully saturated rings. The van der Waals surface area contributed by atoms with Crippen LogP contribution in [0.15, 0.2) is 47.4 Å². The monoisotopic (exact) mass is 467 g/mol. The molecule has 1 heterocycles. The molecule has 1 aliphatic rings. The normalized spacial score (nSPS) is 19.0. The van der Waals surface area contributed by atoms with Crippen molar-refractivity contribution in [1.82, 2.24) is 0 Å². The molecule has 0 aliphatic carbocycles. The zero-order valence-corrected chi connectivity index (χ0v) is 18.5. The lowest BCUT2D eigenvalue weighted by atomic mass is 10.1. The summed E-state index contributed by atoms with van der Waals surface area (Å²) in [5, 5.41) is 9.11. The summed E-state index contributed by atoms with van der Waals surface area (Å²) in [6.07, 6.45) is -4.62. The van der Waals surface area contributed by atoms with Gasteiger partial charge in [-0.3, -0.25) is 0 Å². The average molecular weight is 468 g/mol. The molecule has 5 nitrogen and oxygen atoms in total. The molecule has 1 unspecified atom stereocenters. The predicted molar refractivity (Wildman–Crippen MR) is 113 cm³/mol. The number of aryl methyl sites for hydroxylation is 1. The SMILES string of the molecule is Cc1cc(SCC(CC#N)COc2ccc(C(F)(F)F)cc2)ccc1OCC1OC(C)O1. The summed E-state index contributed by atoms with van der Waals surface area (Å²) in [6, 6.07) is 12.5. The van der Waals surface area contributed by atoms with Gasteiger partial charge in [0.05, 0.1) is 18.2 Å². The van der Waals surface area contributed by atoms with Crippen molar-refractivity contribution < 1.29 is 32.1 Å². The predicted octanol–water partition coefficient (Wildman–Crippen LogP) is 5.81. The molecule has 32 heavy (non-hydrogen) atoms. The summed E-state index contributed by atoms with van der Waals surface area (Å²) in [5.74, 6) is 1.66. The summed E-state index contributed by atoms with van der Waals surface area (Å²) >= 11 is 1.59. The smallest absolute Gasteiger partial charge is 0.416 e. The van der Waals surface area contributed by atoms with Crippen LogP contribution in [0.3, 0.4) is 0 Å². The van der Waals surface area contributed by atoms with Gasteiger partial charge in [0.2, 0.25) is 0 Å². The zero-order valence-electron chi connectivity index (χ0n) is 17.7. The van der Waals surface area contributed by atoms with E-state index in [2.05, 4.69) is 6.07 Å². The molecule has 0 radical (unpaired) electrons. The van der Waals surface area contributed by atoms with Crippen molar-refractivity contribution in [3.63, 3.8) is 0 Å². The van der Waals surface area contributed by atoms with Crippen LogP contribution in [0.2, 0.25) is 0 Å². The number of halogens is 3. The fourth-order valence-corrected chi connectivity index (χ4v) is 4.08. The van der Waals surface area contributed by atoms with Crippen LogP contribution in [0, 0.1) is 24.2 Å². The van der Waals surface area contributed by atoms with Crippen molar-refractivity contribution in [3.8, 4) is 17.6 Å². The molecule has 1 saturated heterocycles. The second-order valence-electron chi connectivity index (χ2n) is 7.38. The molecular formula is C23H24F3NO4S. The van der Waals surface area contributed by atoms with Gasteiger partial charge in [0, 0.05) is 23.0 Å². The molecule has 2 aromatic rings. The summed E-state index contributed by atoms with van der Waals surface area (Å²) in [5.41, 5.74) is 0.249. The number of benzene rings is 2. The lowest BCUT2D eigenvalue weighted by molar-refractivity contribution is -0.380. The minimum absolute atomic E-state index is 0.0709. The minimum Gasteiger partial charge on any atom is -0.493 e. The van der Waals surface area contributed by atoms with Gasteiger partial charge in [0.25, 0.3) is 0 Å². The summed E-state index contributed by atoms with van der Waals surface area (Å²) < 4.78 is 60.0. The van der Waals surface area contributed by atoms with E-state index in [4.69, 9.17) is 24.2 Å². The molecule has 172 valence electrons. The summed E-state index contributed by atoms with van der Waals surface area (Å²) in [4.78, 5) is 1.03. The van der Waals surface area contributed by atoms with E-state index in [0.717, 1.165) is 28.3 Å². The third-order valence-corrected chi connectivity index (χ3v) is 5.97. The van der Waals surface area contributed by atoms with Crippen molar-refractivity contribution in [1.29, 1.82) is 5.26 Å². The van der Waals surface area contributed by atoms with E-state index in [1.54, 1.807) is 11.8 Å². The molecule has 1 atom stereocenters. The lowest BCUT2D eigenvalue weighted by Gasteiger charge is -2.33. The quantitative estimate of drug-likeness (QED) is 0.411. The minimum atomic E-state index is -4.38. The largest absolute Gasteiger partial charge is 0.493 e. The Balaban J connectivity index is 1.48. The number of hydrogen-bond donors (Lipinski definition) is 0. The number of rotatable bonds is 10. The van der Waals surface area contributed by atoms with Crippen LogP contribution < -0.4 is 9.47 Å². The molecule has 3 rings (SSSR count). The van der Waals surface area contributed by atoms with Gasteiger partial charge in [-0.15, -0.1) is 11.8 Å². The van der Waals surface area contributed by atoms with Crippen molar-refractivity contribution in [2.45, 2.75) is 43.9 Å². The highest BCUT2D eigenvalue weighted by Crippen LogP contribution is 2.31. The molecular weight excluding hydrogens is 443 g/mol. The van der Waals surface area contributed by atoms with E-state index >= 15 is 0 Å².